The molecule has 0 heterocycles. The van der Waals surface area contributed by atoms with Crippen LogP contribution < -0.4 is 10.2 Å². The zero-order valence-corrected chi connectivity index (χ0v) is 13.6. The van der Waals surface area contributed by atoms with Crippen LogP contribution in [0.25, 0.3) is 0 Å². The summed E-state index contributed by atoms with van der Waals surface area (Å²) in [6.07, 6.45) is 2.09. The number of para-hydroxylation sites is 1. The van der Waals surface area contributed by atoms with Crippen LogP contribution in [0.3, 0.4) is 0 Å². The Balaban J connectivity index is 3.16. The molecule has 0 fully saturated rings. The highest BCUT2D eigenvalue weighted by atomic mass is 35.5. The minimum atomic E-state index is 0.141. The Bertz CT molecular complexity index is 394. The van der Waals surface area contributed by atoms with E-state index in [9.17, 15) is 5.11 Å². The molecule has 4 heteroatoms. The molecule has 0 radical (unpaired) electrons. The molecular weight excluding hydrogens is 272 g/mol. The zero-order chi connectivity index (χ0) is 15.0. The van der Waals surface area contributed by atoms with Crippen molar-refractivity contribution < 1.29 is 5.11 Å². The normalized spacial score (nSPS) is 11.1. The number of aliphatic hydroxyl groups excluding tert-OH is 1. The molecule has 0 saturated carbocycles. The predicted octanol–water partition coefficient (Wildman–Crippen LogP) is 3.44. The van der Waals surface area contributed by atoms with Gasteiger partial charge in [0.15, 0.2) is 0 Å². The van der Waals surface area contributed by atoms with Crippen LogP contribution in [0.15, 0.2) is 18.2 Å². The average molecular weight is 299 g/mol. The number of nitrogens with one attached hydrogen (secondary N) is 1. The zero-order valence-electron chi connectivity index (χ0n) is 12.8. The quantitative estimate of drug-likeness (QED) is 0.733. The second-order valence-electron chi connectivity index (χ2n) is 4.92. The van der Waals surface area contributed by atoms with Gasteiger partial charge in [-0.3, -0.25) is 0 Å². The molecule has 114 valence electrons. The highest BCUT2D eigenvalue weighted by Crippen LogP contribution is 2.32. The van der Waals surface area contributed by atoms with Gasteiger partial charge in [0.1, 0.15) is 0 Å². The summed E-state index contributed by atoms with van der Waals surface area (Å²) in [7, 11) is 0. The van der Waals surface area contributed by atoms with Gasteiger partial charge in [-0.1, -0.05) is 44.5 Å². The van der Waals surface area contributed by atoms with E-state index in [1.807, 2.05) is 12.1 Å². The van der Waals surface area contributed by atoms with Crippen molar-refractivity contribution in [3.05, 3.63) is 28.8 Å². The van der Waals surface area contributed by atoms with E-state index in [1.165, 1.54) is 5.56 Å². The van der Waals surface area contributed by atoms with Crippen LogP contribution in [-0.2, 0) is 6.54 Å². The van der Waals surface area contributed by atoms with Gasteiger partial charge < -0.3 is 15.3 Å². The van der Waals surface area contributed by atoms with Crippen LogP contribution in [0, 0.1) is 0 Å². The lowest BCUT2D eigenvalue weighted by molar-refractivity contribution is 0.296. The summed E-state index contributed by atoms with van der Waals surface area (Å²) in [5.74, 6) is 0. The molecule has 0 aliphatic heterocycles. The average Bonchev–Trinajstić information content (AvgIpc) is 2.45. The number of hydrogen-bond donors (Lipinski definition) is 2. The van der Waals surface area contributed by atoms with Crippen molar-refractivity contribution in [1.29, 1.82) is 0 Å². The first-order valence-electron chi connectivity index (χ1n) is 7.55. The molecule has 1 aromatic rings. The fourth-order valence-electron chi connectivity index (χ4n) is 2.60. The van der Waals surface area contributed by atoms with Crippen molar-refractivity contribution in [1.82, 2.24) is 5.32 Å². The molecule has 0 aromatic heterocycles. The third-order valence-electron chi connectivity index (χ3n) is 3.65. The van der Waals surface area contributed by atoms with Crippen molar-refractivity contribution >= 4 is 17.3 Å². The van der Waals surface area contributed by atoms with Gasteiger partial charge in [0, 0.05) is 19.1 Å². The lowest BCUT2D eigenvalue weighted by atomic mass is 10.1. The number of anilines is 1. The monoisotopic (exact) mass is 298 g/mol. The van der Waals surface area contributed by atoms with Gasteiger partial charge in [-0.15, -0.1) is 0 Å². The molecule has 0 atom stereocenters. The van der Waals surface area contributed by atoms with Crippen molar-refractivity contribution in [2.24, 2.45) is 0 Å². The standard InChI is InChI=1S/C16H27ClN2O/c1-4-14(5-2)19(10-11-20)16-13(12-18-6-3)8-7-9-15(16)17/h7-9,14,18,20H,4-6,10-12H2,1-3H3. The number of nitrogens with zero attached hydrogens (tertiary/aromatic N) is 1. The Kier molecular flexibility index (Phi) is 7.97. The molecule has 0 aliphatic carbocycles. The summed E-state index contributed by atoms with van der Waals surface area (Å²) < 4.78 is 0. The molecule has 20 heavy (non-hydrogen) atoms. The molecular formula is C16H27ClN2O. The third-order valence-corrected chi connectivity index (χ3v) is 3.95. The first-order chi connectivity index (χ1) is 9.69. The SMILES string of the molecule is CCNCc1cccc(Cl)c1N(CCO)C(CC)CC. The Morgan fingerprint density at radius 3 is 2.50 bits per heavy atom. The number of benzene rings is 1. The molecule has 0 aliphatic rings. The maximum absolute atomic E-state index is 9.40. The van der Waals surface area contributed by atoms with Gasteiger partial charge in [0.25, 0.3) is 0 Å². The fraction of sp³-hybridized carbons (Fsp3) is 0.625. The summed E-state index contributed by atoms with van der Waals surface area (Å²) in [5, 5.41) is 13.5. The predicted molar refractivity (Wildman–Crippen MR) is 87.6 cm³/mol. The van der Waals surface area contributed by atoms with Gasteiger partial charge in [-0.2, -0.15) is 0 Å². The summed E-state index contributed by atoms with van der Waals surface area (Å²) >= 11 is 6.45. The van der Waals surface area contributed by atoms with E-state index >= 15 is 0 Å². The Labute approximate surface area is 127 Å². The number of aliphatic hydroxyl groups is 1. The van der Waals surface area contributed by atoms with Crippen molar-refractivity contribution in [2.45, 2.75) is 46.2 Å². The van der Waals surface area contributed by atoms with E-state index in [-0.39, 0.29) is 6.61 Å². The first kappa shape index (κ1) is 17.3. The van der Waals surface area contributed by atoms with Gasteiger partial charge >= 0.3 is 0 Å². The van der Waals surface area contributed by atoms with E-state index in [2.05, 4.69) is 37.1 Å². The number of halogens is 1. The highest BCUT2D eigenvalue weighted by Gasteiger charge is 2.20. The van der Waals surface area contributed by atoms with Crippen molar-refractivity contribution in [2.75, 3.05) is 24.6 Å². The minimum Gasteiger partial charge on any atom is -0.395 e. The van der Waals surface area contributed by atoms with Gasteiger partial charge in [-0.25, -0.2) is 0 Å². The van der Waals surface area contributed by atoms with Crippen LogP contribution in [0.5, 0.6) is 0 Å². The maximum atomic E-state index is 9.40. The molecule has 0 unspecified atom stereocenters. The molecule has 3 nitrogen and oxygen atoms in total. The van der Waals surface area contributed by atoms with Crippen LogP contribution in [0.4, 0.5) is 5.69 Å². The van der Waals surface area contributed by atoms with E-state index in [0.717, 1.165) is 36.6 Å². The topological polar surface area (TPSA) is 35.5 Å². The second-order valence-corrected chi connectivity index (χ2v) is 5.32. The van der Waals surface area contributed by atoms with Gasteiger partial charge in [-0.05, 0) is 31.0 Å². The van der Waals surface area contributed by atoms with Crippen LogP contribution in [-0.4, -0.2) is 30.8 Å². The lowest BCUT2D eigenvalue weighted by Gasteiger charge is -2.34. The number of hydrogen-bond acceptors (Lipinski definition) is 3. The van der Waals surface area contributed by atoms with Crippen LogP contribution in [0.1, 0.15) is 39.2 Å². The number of rotatable bonds is 9. The smallest absolute Gasteiger partial charge is 0.0643 e. The first-order valence-corrected chi connectivity index (χ1v) is 7.92. The third kappa shape index (κ3) is 4.37. The van der Waals surface area contributed by atoms with E-state index < -0.39 is 0 Å². The second kappa shape index (κ2) is 9.22. The Hall–Kier alpha value is -0.770. The van der Waals surface area contributed by atoms with E-state index in [1.54, 1.807) is 0 Å². The summed E-state index contributed by atoms with van der Waals surface area (Å²) in [6.45, 7) is 8.94. The largest absolute Gasteiger partial charge is 0.395 e. The molecule has 0 amide bonds. The van der Waals surface area contributed by atoms with Crippen molar-refractivity contribution in [3.63, 3.8) is 0 Å². The fourth-order valence-corrected chi connectivity index (χ4v) is 2.90. The Morgan fingerprint density at radius 2 is 1.95 bits per heavy atom. The van der Waals surface area contributed by atoms with Gasteiger partial charge in [0.2, 0.25) is 0 Å². The van der Waals surface area contributed by atoms with E-state index in [0.29, 0.717) is 12.6 Å². The highest BCUT2D eigenvalue weighted by molar-refractivity contribution is 6.33. The molecule has 0 bridgehead atoms. The van der Waals surface area contributed by atoms with Crippen LogP contribution >= 0.6 is 11.6 Å². The van der Waals surface area contributed by atoms with E-state index in [4.69, 9.17) is 11.6 Å². The summed E-state index contributed by atoms with van der Waals surface area (Å²) in [5.41, 5.74) is 2.26. The maximum Gasteiger partial charge on any atom is 0.0643 e. The molecule has 0 saturated heterocycles. The Morgan fingerprint density at radius 1 is 1.25 bits per heavy atom. The summed E-state index contributed by atoms with van der Waals surface area (Å²) in [6, 6.07) is 6.43. The van der Waals surface area contributed by atoms with Gasteiger partial charge in [0.05, 0.1) is 17.3 Å². The summed E-state index contributed by atoms with van der Waals surface area (Å²) in [4.78, 5) is 2.26. The molecule has 1 aromatic carbocycles. The minimum absolute atomic E-state index is 0.141. The van der Waals surface area contributed by atoms with Crippen molar-refractivity contribution in [3.8, 4) is 0 Å². The molecule has 1 rings (SSSR count). The molecule has 2 N–H and O–H groups in total. The molecule has 0 spiro atoms. The lowest BCUT2D eigenvalue weighted by Crippen LogP contribution is -2.38. The van der Waals surface area contributed by atoms with Crippen LogP contribution in [0.2, 0.25) is 5.02 Å².